The number of ether oxygens (including phenoxy) is 1. The number of hydrogen-bond donors (Lipinski definition) is 2. The minimum absolute atomic E-state index is 0.0450. The van der Waals surface area contributed by atoms with Crippen molar-refractivity contribution in [1.29, 1.82) is 0 Å². The van der Waals surface area contributed by atoms with Crippen LogP contribution in [0.4, 0.5) is 16.2 Å². The number of nitrogens with one attached hydrogen (secondary N) is 1. The molecule has 0 radical (unpaired) electrons. The number of aromatic hydroxyl groups is 1. The summed E-state index contributed by atoms with van der Waals surface area (Å²) < 4.78 is 5.14. The van der Waals surface area contributed by atoms with Crippen LogP contribution in [0, 0.1) is 10.1 Å². The highest BCUT2D eigenvalue weighted by Gasteiger charge is 2.36. The van der Waals surface area contributed by atoms with Crippen molar-refractivity contribution < 1.29 is 33.9 Å². The van der Waals surface area contributed by atoms with Gasteiger partial charge in [0.15, 0.2) is 5.75 Å². The molecular formula is C23H20ClN3O8S. The van der Waals surface area contributed by atoms with Gasteiger partial charge in [-0.3, -0.25) is 29.4 Å². The lowest BCUT2D eigenvalue weighted by Gasteiger charge is -2.13. The fourth-order valence-electron chi connectivity index (χ4n) is 3.05. The second-order valence-corrected chi connectivity index (χ2v) is 8.91. The van der Waals surface area contributed by atoms with Gasteiger partial charge in [-0.25, -0.2) is 4.79 Å². The molecule has 0 unspecified atom stereocenters. The Labute approximate surface area is 214 Å². The number of phenolic OH excluding ortho intramolecular Hbond substituents is 1. The predicted octanol–water partition coefficient (Wildman–Crippen LogP) is 4.59. The number of amides is 3. The number of rotatable bonds is 9. The molecule has 1 aliphatic heterocycles. The molecule has 3 amide bonds. The van der Waals surface area contributed by atoms with Crippen molar-refractivity contribution in [2.75, 3.05) is 18.5 Å². The average molecular weight is 534 g/mol. The lowest BCUT2D eigenvalue weighted by atomic mass is 10.1. The molecule has 2 aromatic carbocycles. The van der Waals surface area contributed by atoms with Crippen molar-refractivity contribution in [2.24, 2.45) is 0 Å². The van der Waals surface area contributed by atoms with Gasteiger partial charge in [0.05, 0.1) is 27.0 Å². The highest BCUT2D eigenvalue weighted by molar-refractivity contribution is 8.18. The van der Waals surface area contributed by atoms with E-state index < -0.39 is 45.9 Å². The normalized spacial score (nSPS) is 14.3. The summed E-state index contributed by atoms with van der Waals surface area (Å²) in [5.74, 6) is -2.64. The Morgan fingerprint density at radius 3 is 2.69 bits per heavy atom. The van der Waals surface area contributed by atoms with Crippen LogP contribution in [-0.4, -0.2) is 51.1 Å². The number of imide groups is 1. The van der Waals surface area contributed by atoms with Crippen LogP contribution >= 0.6 is 23.4 Å². The fourth-order valence-corrected chi connectivity index (χ4v) is 4.09. The molecule has 13 heteroatoms. The lowest BCUT2D eigenvalue weighted by molar-refractivity contribution is -0.385. The zero-order valence-corrected chi connectivity index (χ0v) is 20.4. The van der Waals surface area contributed by atoms with Crippen molar-refractivity contribution in [1.82, 2.24) is 4.90 Å². The van der Waals surface area contributed by atoms with Crippen LogP contribution in [0.5, 0.6) is 5.75 Å². The topological polar surface area (TPSA) is 156 Å². The number of anilines is 1. The molecule has 3 rings (SSSR count). The minimum Gasteiger partial charge on any atom is -0.502 e. The van der Waals surface area contributed by atoms with Gasteiger partial charge in [0.2, 0.25) is 5.91 Å². The van der Waals surface area contributed by atoms with Crippen LogP contribution in [0.2, 0.25) is 5.02 Å². The number of carbonyl (C=O) groups is 4. The van der Waals surface area contributed by atoms with Crippen molar-refractivity contribution in [3.63, 3.8) is 0 Å². The molecule has 36 heavy (non-hydrogen) atoms. The molecule has 0 spiro atoms. The number of esters is 1. The molecule has 0 aliphatic carbocycles. The van der Waals surface area contributed by atoms with Crippen LogP contribution in [0.25, 0.3) is 6.08 Å². The first-order valence-electron chi connectivity index (χ1n) is 10.6. The SMILES string of the molecule is CCCCOC(=O)c1cc(NC(=O)CN2C(=O)S/C(=C/c3ccc(O)c([N+](=O)[O-])c3)C2=O)ccc1Cl. The van der Waals surface area contributed by atoms with E-state index in [4.69, 9.17) is 16.3 Å². The van der Waals surface area contributed by atoms with Crippen molar-refractivity contribution >= 4 is 63.8 Å². The van der Waals surface area contributed by atoms with Crippen molar-refractivity contribution in [3.8, 4) is 5.75 Å². The van der Waals surface area contributed by atoms with E-state index in [1.54, 1.807) is 0 Å². The molecule has 1 fully saturated rings. The first kappa shape index (κ1) is 26.7. The number of benzene rings is 2. The molecule has 0 aromatic heterocycles. The highest BCUT2D eigenvalue weighted by atomic mass is 35.5. The number of thioether (sulfide) groups is 1. The van der Waals surface area contributed by atoms with Gasteiger partial charge in [0.1, 0.15) is 6.54 Å². The Morgan fingerprint density at radius 1 is 1.25 bits per heavy atom. The third kappa shape index (κ3) is 6.40. The van der Waals surface area contributed by atoms with Crippen LogP contribution in [0.1, 0.15) is 35.7 Å². The molecule has 1 heterocycles. The maximum absolute atomic E-state index is 12.7. The van der Waals surface area contributed by atoms with Gasteiger partial charge in [-0.2, -0.15) is 0 Å². The van der Waals surface area contributed by atoms with E-state index in [1.807, 2.05) is 6.92 Å². The van der Waals surface area contributed by atoms with Crippen molar-refractivity contribution in [2.45, 2.75) is 19.8 Å². The zero-order chi connectivity index (χ0) is 26.4. The summed E-state index contributed by atoms with van der Waals surface area (Å²) in [6.45, 7) is 1.58. The van der Waals surface area contributed by atoms with E-state index in [0.717, 1.165) is 23.5 Å². The van der Waals surface area contributed by atoms with E-state index in [9.17, 15) is 34.4 Å². The van der Waals surface area contributed by atoms with E-state index in [0.29, 0.717) is 18.2 Å². The van der Waals surface area contributed by atoms with Gasteiger partial charge in [-0.1, -0.05) is 31.0 Å². The van der Waals surface area contributed by atoms with Crippen LogP contribution in [0.15, 0.2) is 41.3 Å². The molecule has 188 valence electrons. The molecule has 2 aromatic rings. The number of phenols is 1. The van der Waals surface area contributed by atoms with Gasteiger partial charge in [0.25, 0.3) is 11.1 Å². The second-order valence-electron chi connectivity index (χ2n) is 7.51. The van der Waals surface area contributed by atoms with Crippen LogP contribution < -0.4 is 5.32 Å². The first-order valence-corrected chi connectivity index (χ1v) is 11.8. The Balaban J connectivity index is 1.69. The van der Waals surface area contributed by atoms with E-state index >= 15 is 0 Å². The predicted molar refractivity (Wildman–Crippen MR) is 133 cm³/mol. The molecule has 0 atom stereocenters. The maximum atomic E-state index is 12.7. The van der Waals surface area contributed by atoms with Crippen molar-refractivity contribution in [3.05, 3.63) is 67.6 Å². The molecule has 0 saturated carbocycles. The Hall–Kier alpha value is -3.90. The Morgan fingerprint density at radius 2 is 2.00 bits per heavy atom. The monoisotopic (exact) mass is 533 g/mol. The van der Waals surface area contributed by atoms with Crippen LogP contribution in [0.3, 0.4) is 0 Å². The summed E-state index contributed by atoms with van der Waals surface area (Å²) in [6.07, 6.45) is 2.79. The Bertz CT molecular complexity index is 1280. The summed E-state index contributed by atoms with van der Waals surface area (Å²) in [5.41, 5.74) is -0.0682. The van der Waals surface area contributed by atoms with Gasteiger partial charge >= 0.3 is 11.7 Å². The van der Waals surface area contributed by atoms with Gasteiger partial charge in [0, 0.05) is 11.8 Å². The second kappa shape index (κ2) is 11.7. The Kier molecular flexibility index (Phi) is 8.67. The summed E-state index contributed by atoms with van der Waals surface area (Å²) in [5, 5.41) is 22.5. The number of nitro groups is 1. The smallest absolute Gasteiger partial charge is 0.339 e. The molecule has 11 nitrogen and oxygen atoms in total. The third-order valence-electron chi connectivity index (χ3n) is 4.87. The molecular weight excluding hydrogens is 514 g/mol. The van der Waals surface area contributed by atoms with E-state index in [-0.39, 0.29) is 33.3 Å². The molecule has 2 N–H and O–H groups in total. The van der Waals surface area contributed by atoms with Gasteiger partial charge in [-0.15, -0.1) is 0 Å². The zero-order valence-electron chi connectivity index (χ0n) is 18.9. The standard InChI is InChI=1S/C23H20ClN3O8S/c1-2-3-8-35-22(31)15-11-14(5-6-16(15)24)25-20(29)12-26-21(30)19(36-23(26)32)10-13-4-7-18(28)17(9-13)27(33)34/h4-7,9-11,28H,2-3,8,12H2,1H3,(H,25,29)/b19-10+. The summed E-state index contributed by atoms with van der Waals surface area (Å²) in [6, 6.07) is 7.69. The fraction of sp³-hybridized carbons (Fsp3) is 0.217. The van der Waals surface area contributed by atoms with E-state index in [1.165, 1.54) is 30.3 Å². The minimum atomic E-state index is -0.782. The average Bonchev–Trinajstić information content (AvgIpc) is 3.08. The summed E-state index contributed by atoms with van der Waals surface area (Å²) >= 11 is 6.63. The molecule has 1 aliphatic rings. The quantitative estimate of drug-likeness (QED) is 0.155. The third-order valence-corrected chi connectivity index (χ3v) is 6.11. The van der Waals surface area contributed by atoms with Crippen LogP contribution in [-0.2, 0) is 14.3 Å². The summed E-state index contributed by atoms with van der Waals surface area (Å²) in [7, 11) is 0. The molecule has 0 bridgehead atoms. The summed E-state index contributed by atoms with van der Waals surface area (Å²) in [4.78, 5) is 60.7. The maximum Gasteiger partial charge on any atom is 0.339 e. The number of nitro benzene ring substituents is 1. The number of unbranched alkanes of at least 4 members (excludes halogenated alkanes) is 1. The van der Waals surface area contributed by atoms with Gasteiger partial charge < -0.3 is 15.2 Å². The number of carbonyl (C=O) groups excluding carboxylic acids is 4. The largest absolute Gasteiger partial charge is 0.502 e. The number of halogens is 1. The highest BCUT2D eigenvalue weighted by Crippen LogP contribution is 2.34. The van der Waals surface area contributed by atoms with E-state index in [2.05, 4.69) is 5.32 Å². The molecule has 1 saturated heterocycles. The first-order chi connectivity index (χ1) is 17.1. The van der Waals surface area contributed by atoms with Gasteiger partial charge in [-0.05, 0) is 54.1 Å². The number of nitrogens with zero attached hydrogens (tertiary/aromatic N) is 2. The number of hydrogen-bond acceptors (Lipinski definition) is 9. The lowest BCUT2D eigenvalue weighted by Crippen LogP contribution is -2.36.